The fourth-order valence-corrected chi connectivity index (χ4v) is 4.71. The highest BCUT2D eigenvalue weighted by Gasteiger charge is 2.43. The lowest BCUT2D eigenvalue weighted by atomic mass is 10.0. The number of aromatic amines is 1. The molecule has 0 bridgehead atoms. The molecule has 0 saturated heterocycles. The van der Waals surface area contributed by atoms with Gasteiger partial charge in [0.25, 0.3) is 0 Å². The van der Waals surface area contributed by atoms with E-state index in [0.29, 0.717) is 35.1 Å². The van der Waals surface area contributed by atoms with Gasteiger partial charge in [-0.25, -0.2) is 18.6 Å². The molecule has 8 nitrogen and oxygen atoms in total. The van der Waals surface area contributed by atoms with E-state index < -0.39 is 35.5 Å². The Morgan fingerprint density at radius 3 is 2.50 bits per heavy atom. The maximum atomic E-state index is 15.3. The molecule has 2 aromatic heterocycles. The second-order valence-electron chi connectivity index (χ2n) is 7.93. The van der Waals surface area contributed by atoms with Gasteiger partial charge in [-0.05, 0) is 25.3 Å². The molecule has 2 amide bonds. The molecule has 3 aromatic rings. The molecular weight excluding hydrogens is 422 g/mol. The van der Waals surface area contributed by atoms with E-state index in [-0.39, 0.29) is 18.0 Å². The van der Waals surface area contributed by atoms with Crippen LogP contribution in [0.1, 0.15) is 24.8 Å². The van der Waals surface area contributed by atoms with E-state index in [9.17, 15) is 9.90 Å². The third-order valence-corrected chi connectivity index (χ3v) is 6.24. The van der Waals surface area contributed by atoms with Crippen molar-refractivity contribution in [2.75, 3.05) is 24.0 Å². The highest BCUT2D eigenvalue weighted by atomic mass is 19.1. The average molecular weight is 444 g/mol. The Morgan fingerprint density at radius 2 is 1.88 bits per heavy atom. The van der Waals surface area contributed by atoms with Gasteiger partial charge in [-0.3, -0.25) is 9.80 Å². The Hall–Kier alpha value is -3.40. The summed E-state index contributed by atoms with van der Waals surface area (Å²) in [6.45, 7) is -0.105. The monoisotopic (exact) mass is 444 g/mol. The zero-order valence-corrected chi connectivity index (χ0v) is 17.6. The van der Waals surface area contributed by atoms with Crippen LogP contribution in [0.5, 0.6) is 11.5 Å². The molecule has 2 aliphatic rings. The van der Waals surface area contributed by atoms with Crippen LogP contribution in [0.4, 0.5) is 25.0 Å². The van der Waals surface area contributed by atoms with Crippen molar-refractivity contribution in [3.05, 3.63) is 41.7 Å². The summed E-state index contributed by atoms with van der Waals surface area (Å²) in [5.41, 5.74) is 1.22. The van der Waals surface area contributed by atoms with Gasteiger partial charge in [-0.15, -0.1) is 0 Å². The van der Waals surface area contributed by atoms with E-state index in [4.69, 9.17) is 9.47 Å². The quantitative estimate of drug-likeness (QED) is 0.640. The molecule has 1 aliphatic carbocycles. The van der Waals surface area contributed by atoms with Gasteiger partial charge in [0.2, 0.25) is 0 Å². The molecule has 0 spiro atoms. The molecule has 1 saturated carbocycles. The number of fused-ring (bicyclic) bond motifs is 3. The van der Waals surface area contributed by atoms with Crippen molar-refractivity contribution in [1.29, 1.82) is 0 Å². The number of amides is 2. The van der Waals surface area contributed by atoms with Crippen LogP contribution in [-0.4, -0.2) is 47.5 Å². The first-order valence-corrected chi connectivity index (χ1v) is 10.3. The normalized spacial score (nSPS) is 20.7. The number of aliphatic hydroxyl groups excluding tert-OH is 1. The number of pyridine rings is 1. The first-order valence-electron chi connectivity index (χ1n) is 10.3. The number of hydrogen-bond acceptors (Lipinski definition) is 5. The van der Waals surface area contributed by atoms with Crippen molar-refractivity contribution >= 4 is 28.4 Å². The summed E-state index contributed by atoms with van der Waals surface area (Å²) >= 11 is 0. The summed E-state index contributed by atoms with van der Waals surface area (Å²) in [7, 11) is 2.50. The number of aliphatic hydroxyl groups is 1. The number of benzene rings is 1. The Kier molecular flexibility index (Phi) is 4.89. The van der Waals surface area contributed by atoms with Crippen molar-refractivity contribution in [3.8, 4) is 11.5 Å². The van der Waals surface area contributed by atoms with Gasteiger partial charge in [0.05, 0.1) is 38.6 Å². The molecule has 168 valence electrons. The Labute approximate surface area is 182 Å². The number of nitrogens with one attached hydrogen (secondary N) is 1. The van der Waals surface area contributed by atoms with E-state index in [1.807, 2.05) is 0 Å². The second-order valence-corrected chi connectivity index (χ2v) is 7.93. The van der Waals surface area contributed by atoms with Gasteiger partial charge in [0.1, 0.15) is 11.3 Å². The standard InChI is InChI=1S/C22H22F2N4O4/c1-31-15-8-16(32-2)18(24)20(17(15)23)27-10-11-9-26-21-12(6-7-25-21)19(11)28(22(27)30)13-4-3-5-14(13)29/h6-9,13-14,29H,3-5,10H2,1-2H3,(H,25,26). The summed E-state index contributed by atoms with van der Waals surface area (Å²) in [5.74, 6) is -2.51. The van der Waals surface area contributed by atoms with E-state index in [0.717, 1.165) is 17.4 Å². The Bertz CT molecular complexity index is 1190. The van der Waals surface area contributed by atoms with Crippen LogP contribution in [0, 0.1) is 11.6 Å². The number of nitrogens with zero attached hydrogens (tertiary/aromatic N) is 3. The Balaban J connectivity index is 1.73. The smallest absolute Gasteiger partial charge is 0.329 e. The minimum absolute atomic E-state index is 0.105. The van der Waals surface area contributed by atoms with Gasteiger partial charge < -0.3 is 19.6 Å². The van der Waals surface area contributed by atoms with Crippen molar-refractivity contribution in [2.45, 2.75) is 38.0 Å². The minimum Gasteiger partial charge on any atom is -0.493 e. The van der Waals surface area contributed by atoms with Crippen LogP contribution in [0.2, 0.25) is 0 Å². The molecule has 32 heavy (non-hydrogen) atoms. The van der Waals surface area contributed by atoms with Crippen LogP contribution in [0.25, 0.3) is 11.0 Å². The number of carbonyl (C=O) groups excluding carboxylic acids is 1. The summed E-state index contributed by atoms with van der Waals surface area (Å²) in [5, 5.41) is 11.3. The van der Waals surface area contributed by atoms with E-state index >= 15 is 8.78 Å². The number of carbonyl (C=O) groups is 1. The number of anilines is 2. The number of H-pyrrole nitrogens is 1. The molecule has 2 N–H and O–H groups in total. The molecule has 2 atom stereocenters. The van der Waals surface area contributed by atoms with Crippen LogP contribution >= 0.6 is 0 Å². The van der Waals surface area contributed by atoms with Gasteiger partial charge in [0.15, 0.2) is 23.1 Å². The molecular formula is C22H22F2N4O4. The molecule has 10 heteroatoms. The van der Waals surface area contributed by atoms with E-state index in [1.165, 1.54) is 19.1 Å². The third-order valence-electron chi connectivity index (χ3n) is 6.24. The first-order chi connectivity index (χ1) is 15.5. The summed E-state index contributed by atoms with van der Waals surface area (Å²) < 4.78 is 40.6. The highest BCUT2D eigenvalue weighted by Crippen LogP contribution is 2.44. The van der Waals surface area contributed by atoms with E-state index in [2.05, 4.69) is 9.97 Å². The largest absolute Gasteiger partial charge is 0.493 e. The number of ether oxygens (including phenoxy) is 2. The highest BCUT2D eigenvalue weighted by molar-refractivity contribution is 6.12. The lowest BCUT2D eigenvalue weighted by Gasteiger charge is -2.41. The number of aromatic nitrogens is 2. The molecule has 1 aliphatic heterocycles. The van der Waals surface area contributed by atoms with Crippen LogP contribution < -0.4 is 19.3 Å². The van der Waals surface area contributed by atoms with Gasteiger partial charge >= 0.3 is 6.03 Å². The number of halogens is 2. The fourth-order valence-electron chi connectivity index (χ4n) is 4.71. The summed E-state index contributed by atoms with van der Waals surface area (Å²) in [4.78, 5) is 23.7. The number of urea groups is 1. The molecule has 0 radical (unpaired) electrons. The number of rotatable bonds is 4. The Morgan fingerprint density at radius 1 is 1.16 bits per heavy atom. The summed E-state index contributed by atoms with van der Waals surface area (Å²) in [6.07, 6.45) is 4.40. The van der Waals surface area contributed by atoms with E-state index in [1.54, 1.807) is 18.5 Å². The zero-order valence-electron chi connectivity index (χ0n) is 17.6. The van der Waals surface area contributed by atoms with Gasteiger partial charge in [-0.1, -0.05) is 0 Å². The SMILES string of the molecule is COc1cc(OC)c(F)c(N2Cc3cnc4[nH]ccc4c3N(C3CCCC3O)C2=O)c1F. The van der Waals surface area contributed by atoms with Gasteiger partial charge in [0, 0.05) is 29.4 Å². The average Bonchev–Trinajstić information content (AvgIpc) is 3.43. The second kappa shape index (κ2) is 7.63. The van der Waals surface area contributed by atoms with Crippen molar-refractivity contribution in [1.82, 2.24) is 9.97 Å². The predicted molar refractivity (Wildman–Crippen MR) is 113 cm³/mol. The van der Waals surface area contributed by atoms with Gasteiger partial charge in [-0.2, -0.15) is 0 Å². The van der Waals surface area contributed by atoms with Crippen LogP contribution in [0.15, 0.2) is 24.5 Å². The van der Waals surface area contributed by atoms with Crippen molar-refractivity contribution in [3.63, 3.8) is 0 Å². The molecule has 1 fully saturated rings. The molecule has 1 aromatic carbocycles. The maximum Gasteiger partial charge on any atom is 0.329 e. The molecule has 5 rings (SSSR count). The van der Waals surface area contributed by atoms with Crippen LogP contribution in [0.3, 0.4) is 0 Å². The lowest BCUT2D eigenvalue weighted by molar-refractivity contribution is 0.160. The van der Waals surface area contributed by atoms with Crippen molar-refractivity contribution in [2.24, 2.45) is 0 Å². The van der Waals surface area contributed by atoms with Crippen LogP contribution in [-0.2, 0) is 6.54 Å². The number of methoxy groups -OCH3 is 2. The first kappa shape index (κ1) is 20.5. The minimum atomic E-state index is -1.01. The third kappa shape index (κ3) is 2.89. The number of hydrogen-bond donors (Lipinski definition) is 2. The van der Waals surface area contributed by atoms with Crippen molar-refractivity contribution < 1.29 is 28.2 Å². The fraction of sp³-hybridized carbons (Fsp3) is 0.364. The molecule has 3 heterocycles. The molecule has 2 unspecified atom stereocenters. The zero-order chi connectivity index (χ0) is 22.6. The topological polar surface area (TPSA) is 90.9 Å². The predicted octanol–water partition coefficient (Wildman–Crippen LogP) is 3.72. The summed E-state index contributed by atoms with van der Waals surface area (Å²) in [6, 6.07) is 1.74. The maximum absolute atomic E-state index is 15.3. The lowest BCUT2D eigenvalue weighted by Crippen LogP contribution is -2.54.